The maximum atomic E-state index is 11.7. The van der Waals surface area contributed by atoms with Crippen LogP contribution in [0.15, 0.2) is 24.3 Å². The van der Waals surface area contributed by atoms with E-state index in [1.807, 2.05) is 25.1 Å². The summed E-state index contributed by atoms with van der Waals surface area (Å²) in [6.07, 6.45) is 1.96. The molecule has 0 radical (unpaired) electrons. The highest BCUT2D eigenvalue weighted by Crippen LogP contribution is 2.12. The van der Waals surface area contributed by atoms with Gasteiger partial charge in [-0.2, -0.15) is 0 Å². The summed E-state index contributed by atoms with van der Waals surface area (Å²) in [6, 6.07) is 7.47. The summed E-state index contributed by atoms with van der Waals surface area (Å²) in [5.74, 6) is 0.430. The maximum absolute atomic E-state index is 11.7. The summed E-state index contributed by atoms with van der Waals surface area (Å²) in [7, 11) is 0. The van der Waals surface area contributed by atoms with Gasteiger partial charge in [0.2, 0.25) is 0 Å². The zero-order chi connectivity index (χ0) is 13.4. The SMILES string of the molecule is CCCOC(=O)c1cccc(NCCC(C)C)c1. The molecule has 0 atom stereocenters. The smallest absolute Gasteiger partial charge is 0.338 e. The molecule has 0 aliphatic rings. The monoisotopic (exact) mass is 249 g/mol. The van der Waals surface area contributed by atoms with Gasteiger partial charge in [-0.1, -0.05) is 26.8 Å². The summed E-state index contributed by atoms with van der Waals surface area (Å²) in [5.41, 5.74) is 1.58. The number of benzene rings is 1. The lowest BCUT2D eigenvalue weighted by atomic mass is 10.1. The maximum Gasteiger partial charge on any atom is 0.338 e. The number of ether oxygens (including phenoxy) is 1. The van der Waals surface area contributed by atoms with Crippen LogP contribution < -0.4 is 5.32 Å². The molecule has 0 unspecified atom stereocenters. The van der Waals surface area contributed by atoms with Crippen LogP contribution in [-0.2, 0) is 4.74 Å². The number of hydrogen-bond acceptors (Lipinski definition) is 3. The Morgan fingerprint density at radius 3 is 2.83 bits per heavy atom. The summed E-state index contributed by atoms with van der Waals surface area (Å²) in [4.78, 5) is 11.7. The third-order valence-corrected chi connectivity index (χ3v) is 2.59. The van der Waals surface area contributed by atoms with Crippen LogP contribution in [0.3, 0.4) is 0 Å². The van der Waals surface area contributed by atoms with Crippen LogP contribution in [0.2, 0.25) is 0 Å². The van der Waals surface area contributed by atoms with Gasteiger partial charge in [-0.25, -0.2) is 4.79 Å². The van der Waals surface area contributed by atoms with Crippen molar-refractivity contribution in [3.8, 4) is 0 Å². The van der Waals surface area contributed by atoms with E-state index >= 15 is 0 Å². The summed E-state index contributed by atoms with van der Waals surface area (Å²) in [5, 5.41) is 3.32. The minimum atomic E-state index is -0.246. The topological polar surface area (TPSA) is 38.3 Å². The average Bonchev–Trinajstić information content (AvgIpc) is 2.36. The van der Waals surface area contributed by atoms with Crippen molar-refractivity contribution in [2.24, 2.45) is 5.92 Å². The molecule has 0 aliphatic heterocycles. The Kier molecular flexibility index (Phi) is 6.26. The van der Waals surface area contributed by atoms with Gasteiger partial charge in [-0.05, 0) is 37.0 Å². The number of hydrogen-bond donors (Lipinski definition) is 1. The number of anilines is 1. The predicted molar refractivity (Wildman–Crippen MR) is 75.0 cm³/mol. The molecular weight excluding hydrogens is 226 g/mol. The van der Waals surface area contributed by atoms with Crippen LogP contribution in [0.25, 0.3) is 0 Å². The first-order valence-corrected chi connectivity index (χ1v) is 6.64. The van der Waals surface area contributed by atoms with E-state index in [0.29, 0.717) is 18.1 Å². The molecule has 0 fully saturated rings. The Morgan fingerprint density at radius 2 is 2.17 bits per heavy atom. The van der Waals surface area contributed by atoms with E-state index in [4.69, 9.17) is 4.74 Å². The van der Waals surface area contributed by atoms with Crippen molar-refractivity contribution in [3.63, 3.8) is 0 Å². The molecule has 1 N–H and O–H groups in total. The zero-order valence-electron chi connectivity index (χ0n) is 11.5. The van der Waals surface area contributed by atoms with Crippen molar-refractivity contribution in [3.05, 3.63) is 29.8 Å². The van der Waals surface area contributed by atoms with Gasteiger partial charge in [0.1, 0.15) is 0 Å². The summed E-state index contributed by atoms with van der Waals surface area (Å²) < 4.78 is 5.11. The highest BCUT2D eigenvalue weighted by Gasteiger charge is 2.06. The summed E-state index contributed by atoms with van der Waals surface area (Å²) >= 11 is 0. The molecule has 0 spiro atoms. The minimum absolute atomic E-state index is 0.246. The molecule has 0 saturated carbocycles. The van der Waals surface area contributed by atoms with Crippen molar-refractivity contribution >= 4 is 11.7 Å². The van der Waals surface area contributed by atoms with Crippen LogP contribution in [0.4, 0.5) is 5.69 Å². The van der Waals surface area contributed by atoms with E-state index in [0.717, 1.165) is 25.1 Å². The Morgan fingerprint density at radius 1 is 1.39 bits per heavy atom. The Bertz CT molecular complexity index is 375. The molecule has 3 nitrogen and oxygen atoms in total. The Hall–Kier alpha value is -1.51. The average molecular weight is 249 g/mol. The molecule has 18 heavy (non-hydrogen) atoms. The number of esters is 1. The lowest BCUT2D eigenvalue weighted by molar-refractivity contribution is 0.0505. The predicted octanol–water partition coefficient (Wildman–Crippen LogP) is 3.71. The second kappa shape index (κ2) is 7.75. The van der Waals surface area contributed by atoms with Crippen LogP contribution in [0, 0.1) is 5.92 Å². The van der Waals surface area contributed by atoms with E-state index in [1.165, 1.54) is 0 Å². The minimum Gasteiger partial charge on any atom is -0.462 e. The van der Waals surface area contributed by atoms with E-state index in [2.05, 4.69) is 19.2 Å². The van der Waals surface area contributed by atoms with Crippen LogP contribution in [-0.4, -0.2) is 19.1 Å². The van der Waals surface area contributed by atoms with Gasteiger partial charge < -0.3 is 10.1 Å². The molecule has 0 aromatic heterocycles. The van der Waals surface area contributed by atoms with E-state index in [1.54, 1.807) is 6.07 Å². The molecule has 3 heteroatoms. The van der Waals surface area contributed by atoms with Crippen molar-refractivity contribution < 1.29 is 9.53 Å². The molecule has 1 rings (SSSR count). The van der Waals surface area contributed by atoms with Crippen molar-refractivity contribution in [1.29, 1.82) is 0 Å². The summed E-state index contributed by atoms with van der Waals surface area (Å²) in [6.45, 7) is 7.77. The molecule has 100 valence electrons. The van der Waals surface area contributed by atoms with Crippen molar-refractivity contribution in [2.75, 3.05) is 18.5 Å². The van der Waals surface area contributed by atoms with Gasteiger partial charge in [0.15, 0.2) is 0 Å². The lowest BCUT2D eigenvalue weighted by Gasteiger charge is -2.09. The first kappa shape index (κ1) is 14.6. The molecule has 1 aromatic rings. The highest BCUT2D eigenvalue weighted by atomic mass is 16.5. The van der Waals surface area contributed by atoms with E-state index in [9.17, 15) is 4.79 Å². The molecular formula is C15H23NO2. The van der Waals surface area contributed by atoms with Gasteiger partial charge in [-0.15, -0.1) is 0 Å². The molecule has 0 amide bonds. The molecule has 0 heterocycles. The van der Waals surface area contributed by atoms with Gasteiger partial charge in [0.05, 0.1) is 12.2 Å². The zero-order valence-corrected chi connectivity index (χ0v) is 11.5. The molecule has 0 bridgehead atoms. The van der Waals surface area contributed by atoms with Gasteiger partial charge in [-0.3, -0.25) is 0 Å². The van der Waals surface area contributed by atoms with Crippen molar-refractivity contribution in [2.45, 2.75) is 33.6 Å². The Balaban J connectivity index is 2.53. The molecule has 1 aromatic carbocycles. The number of nitrogens with one attached hydrogen (secondary N) is 1. The molecule has 0 saturated heterocycles. The van der Waals surface area contributed by atoms with Crippen LogP contribution in [0.1, 0.15) is 44.0 Å². The van der Waals surface area contributed by atoms with Crippen molar-refractivity contribution in [1.82, 2.24) is 0 Å². The normalized spacial score (nSPS) is 10.4. The second-order valence-corrected chi connectivity index (χ2v) is 4.83. The fourth-order valence-electron chi connectivity index (χ4n) is 1.54. The van der Waals surface area contributed by atoms with Crippen LogP contribution >= 0.6 is 0 Å². The molecule has 0 aliphatic carbocycles. The first-order chi connectivity index (χ1) is 8.63. The third kappa shape index (κ3) is 5.21. The highest BCUT2D eigenvalue weighted by molar-refractivity contribution is 5.90. The van der Waals surface area contributed by atoms with Crippen LogP contribution in [0.5, 0.6) is 0 Å². The first-order valence-electron chi connectivity index (χ1n) is 6.64. The number of carbonyl (C=O) groups excluding carboxylic acids is 1. The standard InChI is InChI=1S/C15H23NO2/c1-4-10-18-15(17)13-6-5-7-14(11-13)16-9-8-12(2)3/h5-7,11-12,16H,4,8-10H2,1-3H3. The van der Waals surface area contributed by atoms with Gasteiger partial charge in [0.25, 0.3) is 0 Å². The number of rotatable bonds is 7. The largest absolute Gasteiger partial charge is 0.462 e. The van der Waals surface area contributed by atoms with Gasteiger partial charge >= 0.3 is 5.97 Å². The Labute approximate surface area is 110 Å². The fourth-order valence-corrected chi connectivity index (χ4v) is 1.54. The van der Waals surface area contributed by atoms with E-state index in [-0.39, 0.29) is 5.97 Å². The quantitative estimate of drug-likeness (QED) is 0.749. The van der Waals surface area contributed by atoms with E-state index < -0.39 is 0 Å². The lowest BCUT2D eigenvalue weighted by Crippen LogP contribution is -2.08. The second-order valence-electron chi connectivity index (χ2n) is 4.83. The fraction of sp³-hybridized carbons (Fsp3) is 0.533. The van der Waals surface area contributed by atoms with Gasteiger partial charge in [0, 0.05) is 12.2 Å². The third-order valence-electron chi connectivity index (χ3n) is 2.59. The number of carbonyl (C=O) groups is 1.